The number of carbonyl (C=O) groups is 1. The summed E-state index contributed by atoms with van der Waals surface area (Å²) in [6.07, 6.45) is 5.59. The average molecular weight is 292 g/mol. The van der Waals surface area contributed by atoms with Crippen molar-refractivity contribution >= 4 is 17.3 Å². The van der Waals surface area contributed by atoms with E-state index in [9.17, 15) is 14.9 Å². The first kappa shape index (κ1) is 15.3. The van der Waals surface area contributed by atoms with Gasteiger partial charge in [-0.3, -0.25) is 10.1 Å². The fraction of sp³-hybridized carbons (Fsp3) is 0.533. The molecule has 6 nitrogen and oxygen atoms in total. The smallest absolute Gasteiger partial charge is 0.336 e. The standard InChI is InChI=1S/C15H20N2O4/c1-11-13(16-7-5-3-2-4-6-8-16)9-12(15(18)19)10-14(11)17(20)21/h9-10H,2-8H2,1H3,(H,18,19). The minimum Gasteiger partial charge on any atom is -0.478 e. The van der Waals surface area contributed by atoms with Gasteiger partial charge in [-0.05, 0) is 25.8 Å². The number of nitro groups is 1. The molecular formula is C15H20N2O4. The molecular weight excluding hydrogens is 272 g/mol. The Balaban J connectivity index is 2.44. The summed E-state index contributed by atoms with van der Waals surface area (Å²) in [5.74, 6) is -1.13. The molecule has 0 atom stereocenters. The first-order valence-electron chi connectivity index (χ1n) is 7.28. The maximum absolute atomic E-state index is 11.2. The zero-order valence-electron chi connectivity index (χ0n) is 12.2. The molecule has 0 unspecified atom stereocenters. The van der Waals surface area contributed by atoms with Gasteiger partial charge in [0.25, 0.3) is 5.69 Å². The Morgan fingerprint density at radius 2 is 1.76 bits per heavy atom. The summed E-state index contributed by atoms with van der Waals surface area (Å²) in [4.78, 5) is 23.9. The van der Waals surface area contributed by atoms with Gasteiger partial charge >= 0.3 is 5.97 Å². The Bertz CT molecular complexity index is 549. The highest BCUT2D eigenvalue weighted by molar-refractivity contribution is 5.90. The molecule has 1 heterocycles. The zero-order valence-corrected chi connectivity index (χ0v) is 12.2. The van der Waals surface area contributed by atoms with E-state index in [4.69, 9.17) is 5.11 Å². The minimum absolute atomic E-state index is 0.0237. The Hall–Kier alpha value is -2.11. The molecule has 0 spiro atoms. The summed E-state index contributed by atoms with van der Waals surface area (Å²) in [5, 5.41) is 20.3. The molecule has 0 bridgehead atoms. The van der Waals surface area contributed by atoms with Gasteiger partial charge in [0.2, 0.25) is 0 Å². The van der Waals surface area contributed by atoms with Crippen molar-refractivity contribution in [1.29, 1.82) is 0 Å². The Morgan fingerprint density at radius 3 is 2.29 bits per heavy atom. The predicted molar refractivity (Wildman–Crippen MR) is 80.1 cm³/mol. The third-order valence-electron chi connectivity index (χ3n) is 3.99. The van der Waals surface area contributed by atoms with Crippen molar-refractivity contribution in [2.24, 2.45) is 0 Å². The Labute approximate surface area is 123 Å². The molecule has 1 saturated heterocycles. The second-order valence-electron chi connectivity index (χ2n) is 5.46. The number of hydrogen-bond acceptors (Lipinski definition) is 4. The quantitative estimate of drug-likeness (QED) is 0.682. The number of benzene rings is 1. The highest BCUT2D eigenvalue weighted by Gasteiger charge is 2.22. The number of anilines is 1. The lowest BCUT2D eigenvalue weighted by Crippen LogP contribution is -2.28. The van der Waals surface area contributed by atoms with Gasteiger partial charge < -0.3 is 10.0 Å². The highest BCUT2D eigenvalue weighted by Crippen LogP contribution is 2.31. The molecule has 1 aromatic carbocycles. The normalized spacial score (nSPS) is 16.1. The molecule has 1 fully saturated rings. The fourth-order valence-corrected chi connectivity index (χ4v) is 2.81. The molecule has 0 amide bonds. The summed E-state index contributed by atoms with van der Waals surface area (Å²) in [6, 6.07) is 2.71. The van der Waals surface area contributed by atoms with E-state index in [-0.39, 0.29) is 11.3 Å². The lowest BCUT2D eigenvalue weighted by molar-refractivity contribution is -0.385. The van der Waals surface area contributed by atoms with Gasteiger partial charge in [-0.25, -0.2) is 4.79 Å². The lowest BCUT2D eigenvalue weighted by atomic mass is 10.0. The van der Waals surface area contributed by atoms with Crippen LogP contribution in [0.25, 0.3) is 0 Å². The fourth-order valence-electron chi connectivity index (χ4n) is 2.81. The number of carboxylic acids is 1. The van der Waals surface area contributed by atoms with Crippen LogP contribution in [0.15, 0.2) is 12.1 Å². The van der Waals surface area contributed by atoms with Crippen LogP contribution in [0.1, 0.15) is 48.0 Å². The molecule has 1 N–H and O–H groups in total. The van der Waals surface area contributed by atoms with Gasteiger partial charge in [0.1, 0.15) is 0 Å². The van der Waals surface area contributed by atoms with Gasteiger partial charge in [-0.15, -0.1) is 0 Å². The van der Waals surface area contributed by atoms with Gasteiger partial charge in [0, 0.05) is 24.8 Å². The summed E-state index contributed by atoms with van der Waals surface area (Å²) >= 11 is 0. The third kappa shape index (κ3) is 3.51. The van der Waals surface area contributed by atoms with Crippen LogP contribution in [0.3, 0.4) is 0 Å². The van der Waals surface area contributed by atoms with Crippen molar-refractivity contribution in [3.8, 4) is 0 Å². The van der Waals surface area contributed by atoms with E-state index in [2.05, 4.69) is 4.90 Å². The summed E-state index contributed by atoms with van der Waals surface area (Å²) in [6.45, 7) is 3.33. The maximum Gasteiger partial charge on any atom is 0.336 e. The van der Waals surface area contributed by atoms with Crippen molar-refractivity contribution in [2.75, 3.05) is 18.0 Å². The van der Waals surface area contributed by atoms with Crippen molar-refractivity contribution < 1.29 is 14.8 Å². The molecule has 0 radical (unpaired) electrons. The lowest BCUT2D eigenvalue weighted by Gasteiger charge is -2.28. The van der Waals surface area contributed by atoms with E-state index in [1.165, 1.54) is 6.42 Å². The zero-order chi connectivity index (χ0) is 15.4. The Morgan fingerprint density at radius 1 is 1.19 bits per heavy atom. The molecule has 21 heavy (non-hydrogen) atoms. The molecule has 2 rings (SSSR count). The largest absolute Gasteiger partial charge is 0.478 e. The van der Waals surface area contributed by atoms with Crippen LogP contribution in [-0.4, -0.2) is 29.1 Å². The molecule has 6 heteroatoms. The van der Waals surface area contributed by atoms with Gasteiger partial charge in [-0.1, -0.05) is 19.3 Å². The van der Waals surface area contributed by atoms with Crippen LogP contribution >= 0.6 is 0 Å². The molecule has 0 aromatic heterocycles. The van der Waals surface area contributed by atoms with Crippen LogP contribution in [-0.2, 0) is 0 Å². The number of carboxylic acid groups (broad SMARTS) is 1. The number of hydrogen-bond donors (Lipinski definition) is 1. The van der Waals surface area contributed by atoms with Crippen molar-refractivity contribution in [3.05, 3.63) is 33.4 Å². The van der Waals surface area contributed by atoms with Crippen LogP contribution in [0.2, 0.25) is 0 Å². The SMILES string of the molecule is Cc1c(N2CCCCCCC2)cc(C(=O)O)cc1[N+](=O)[O-]. The van der Waals surface area contributed by atoms with Crippen molar-refractivity contribution in [1.82, 2.24) is 0 Å². The molecule has 1 aliphatic rings. The second-order valence-corrected chi connectivity index (χ2v) is 5.46. The van der Waals surface area contributed by atoms with E-state index < -0.39 is 10.9 Å². The monoisotopic (exact) mass is 292 g/mol. The summed E-state index contributed by atoms with van der Waals surface area (Å²) in [5.41, 5.74) is 1.09. The Kier molecular flexibility index (Phi) is 4.77. The topological polar surface area (TPSA) is 83.7 Å². The number of nitro benzene ring substituents is 1. The van der Waals surface area contributed by atoms with E-state index in [0.29, 0.717) is 11.3 Å². The van der Waals surface area contributed by atoms with E-state index in [1.807, 2.05) is 0 Å². The van der Waals surface area contributed by atoms with E-state index in [1.54, 1.807) is 13.0 Å². The van der Waals surface area contributed by atoms with Gasteiger partial charge in [0.05, 0.1) is 16.1 Å². The molecule has 0 saturated carbocycles. The van der Waals surface area contributed by atoms with Gasteiger partial charge in [0.15, 0.2) is 0 Å². The molecule has 1 aromatic rings. The number of rotatable bonds is 3. The summed E-state index contributed by atoms with van der Waals surface area (Å²) in [7, 11) is 0. The summed E-state index contributed by atoms with van der Waals surface area (Å²) < 4.78 is 0. The molecule has 114 valence electrons. The number of nitrogens with zero attached hydrogens (tertiary/aromatic N) is 2. The minimum atomic E-state index is -1.13. The molecule has 0 aliphatic carbocycles. The van der Waals surface area contributed by atoms with E-state index >= 15 is 0 Å². The average Bonchev–Trinajstić information content (AvgIpc) is 2.38. The number of aromatic carboxylic acids is 1. The predicted octanol–water partition coefficient (Wildman–Crippen LogP) is 3.37. The van der Waals surface area contributed by atoms with Crippen LogP contribution < -0.4 is 4.90 Å². The first-order chi connectivity index (χ1) is 10.0. The van der Waals surface area contributed by atoms with Crippen LogP contribution in [0, 0.1) is 17.0 Å². The second kappa shape index (κ2) is 6.56. The van der Waals surface area contributed by atoms with Crippen molar-refractivity contribution in [3.63, 3.8) is 0 Å². The van der Waals surface area contributed by atoms with Crippen LogP contribution in [0.5, 0.6) is 0 Å². The van der Waals surface area contributed by atoms with E-state index in [0.717, 1.165) is 44.8 Å². The highest BCUT2D eigenvalue weighted by atomic mass is 16.6. The maximum atomic E-state index is 11.2. The third-order valence-corrected chi connectivity index (χ3v) is 3.99. The van der Waals surface area contributed by atoms with Gasteiger partial charge in [-0.2, -0.15) is 0 Å². The van der Waals surface area contributed by atoms with Crippen LogP contribution in [0.4, 0.5) is 11.4 Å². The first-order valence-corrected chi connectivity index (χ1v) is 7.28. The van der Waals surface area contributed by atoms with Crippen molar-refractivity contribution in [2.45, 2.75) is 39.0 Å². The molecule has 1 aliphatic heterocycles.